The summed E-state index contributed by atoms with van der Waals surface area (Å²) in [6, 6.07) is 16.0. The number of rotatable bonds is 7. The number of amides is 2. The summed E-state index contributed by atoms with van der Waals surface area (Å²) in [5.41, 5.74) is 3.35. The number of hydrogen-bond acceptors (Lipinski definition) is 7. The Morgan fingerprint density at radius 2 is 1.75 bits per heavy atom. The number of piperazine rings is 1. The molecule has 2 aliphatic rings. The Morgan fingerprint density at radius 3 is 2.39 bits per heavy atom. The maximum absolute atomic E-state index is 13.0. The molecule has 2 amide bonds. The second-order valence-electron chi connectivity index (χ2n) is 8.86. The minimum Gasteiger partial charge on any atom is -0.465 e. The molecule has 4 rings (SSSR count). The number of methoxy groups -OCH3 is 1. The van der Waals surface area contributed by atoms with E-state index in [4.69, 9.17) is 9.47 Å². The molecule has 0 radical (unpaired) electrons. The van der Waals surface area contributed by atoms with Gasteiger partial charge in [-0.3, -0.25) is 4.90 Å². The van der Waals surface area contributed by atoms with Crippen LogP contribution in [0.1, 0.15) is 35.8 Å². The van der Waals surface area contributed by atoms with Crippen LogP contribution < -0.4 is 15.5 Å². The molecule has 2 heterocycles. The van der Waals surface area contributed by atoms with Crippen LogP contribution in [0.15, 0.2) is 65.9 Å². The van der Waals surface area contributed by atoms with Crippen molar-refractivity contribution < 1.29 is 23.9 Å². The number of urea groups is 1. The highest BCUT2D eigenvalue weighted by molar-refractivity contribution is 5.95. The number of anilines is 1. The van der Waals surface area contributed by atoms with E-state index in [9.17, 15) is 14.4 Å². The maximum Gasteiger partial charge on any atom is 0.338 e. The van der Waals surface area contributed by atoms with E-state index in [2.05, 4.69) is 27.4 Å². The largest absolute Gasteiger partial charge is 0.465 e. The van der Waals surface area contributed by atoms with E-state index in [0.717, 1.165) is 30.9 Å². The fourth-order valence-electron chi connectivity index (χ4n) is 4.68. The van der Waals surface area contributed by atoms with Crippen molar-refractivity contribution in [1.82, 2.24) is 15.5 Å². The highest BCUT2D eigenvalue weighted by Gasteiger charge is 2.35. The van der Waals surface area contributed by atoms with Gasteiger partial charge >= 0.3 is 18.0 Å². The van der Waals surface area contributed by atoms with Gasteiger partial charge in [0.15, 0.2) is 0 Å². The van der Waals surface area contributed by atoms with Crippen molar-refractivity contribution >= 4 is 23.7 Å². The Hall–Kier alpha value is -3.85. The number of esters is 2. The zero-order chi connectivity index (χ0) is 25.7. The van der Waals surface area contributed by atoms with Gasteiger partial charge in [0.1, 0.15) is 0 Å². The zero-order valence-corrected chi connectivity index (χ0v) is 20.8. The first-order valence-corrected chi connectivity index (χ1v) is 12.1. The highest BCUT2D eigenvalue weighted by Crippen LogP contribution is 2.29. The van der Waals surface area contributed by atoms with Gasteiger partial charge in [-0.25, -0.2) is 14.4 Å². The van der Waals surface area contributed by atoms with Crippen molar-refractivity contribution in [3.05, 3.63) is 77.0 Å². The van der Waals surface area contributed by atoms with E-state index in [-0.39, 0.29) is 24.6 Å². The summed E-state index contributed by atoms with van der Waals surface area (Å²) < 4.78 is 10.2. The molecule has 0 aliphatic carbocycles. The molecule has 9 heteroatoms. The van der Waals surface area contributed by atoms with Crippen LogP contribution in [0.2, 0.25) is 0 Å². The van der Waals surface area contributed by atoms with Gasteiger partial charge in [-0.1, -0.05) is 30.3 Å². The molecule has 1 saturated heterocycles. The monoisotopic (exact) mass is 492 g/mol. The number of nitrogens with one attached hydrogen (secondary N) is 2. The molecule has 9 nitrogen and oxygen atoms in total. The van der Waals surface area contributed by atoms with Gasteiger partial charge < -0.3 is 25.0 Å². The fourth-order valence-corrected chi connectivity index (χ4v) is 4.68. The summed E-state index contributed by atoms with van der Waals surface area (Å²) in [6.07, 6.45) is 0. The number of carbonyl (C=O) groups is 3. The molecular formula is C27H32N4O5. The Balaban J connectivity index is 1.53. The molecule has 2 atom stereocenters. The van der Waals surface area contributed by atoms with Gasteiger partial charge in [0.2, 0.25) is 0 Å². The summed E-state index contributed by atoms with van der Waals surface area (Å²) in [4.78, 5) is 41.8. The topological polar surface area (TPSA) is 100 Å². The Bertz CT molecular complexity index is 1130. The van der Waals surface area contributed by atoms with Crippen molar-refractivity contribution in [3.63, 3.8) is 0 Å². The van der Waals surface area contributed by atoms with Crippen LogP contribution in [-0.2, 0) is 14.3 Å². The van der Waals surface area contributed by atoms with Crippen LogP contribution in [0.5, 0.6) is 0 Å². The molecule has 0 saturated carbocycles. The summed E-state index contributed by atoms with van der Waals surface area (Å²) in [5, 5.41) is 5.75. The van der Waals surface area contributed by atoms with Crippen molar-refractivity contribution in [3.8, 4) is 0 Å². The Kier molecular flexibility index (Phi) is 7.90. The molecular weight excluding hydrogens is 460 g/mol. The molecule has 0 spiro atoms. The van der Waals surface area contributed by atoms with Gasteiger partial charge in [-0.15, -0.1) is 0 Å². The lowest BCUT2D eigenvalue weighted by molar-refractivity contribution is -0.139. The van der Waals surface area contributed by atoms with Crippen LogP contribution in [-0.4, -0.2) is 68.8 Å². The van der Waals surface area contributed by atoms with Crippen molar-refractivity contribution in [2.75, 3.05) is 44.8 Å². The molecule has 2 aliphatic heterocycles. The lowest BCUT2D eigenvalue weighted by atomic mass is 9.94. The number of benzene rings is 2. The van der Waals surface area contributed by atoms with E-state index in [1.54, 1.807) is 19.1 Å². The minimum absolute atomic E-state index is 0.150. The first-order chi connectivity index (χ1) is 17.4. The molecule has 0 aromatic heterocycles. The zero-order valence-electron chi connectivity index (χ0n) is 20.8. The molecule has 36 heavy (non-hydrogen) atoms. The van der Waals surface area contributed by atoms with E-state index in [0.29, 0.717) is 23.4 Å². The minimum atomic E-state index is -0.584. The van der Waals surface area contributed by atoms with Gasteiger partial charge in [0.25, 0.3) is 0 Å². The number of hydrogen-bond donors (Lipinski definition) is 2. The average Bonchev–Trinajstić information content (AvgIpc) is 2.89. The van der Waals surface area contributed by atoms with Crippen molar-refractivity contribution in [2.45, 2.75) is 25.9 Å². The van der Waals surface area contributed by atoms with Gasteiger partial charge in [0.05, 0.1) is 30.9 Å². The van der Waals surface area contributed by atoms with E-state index in [1.165, 1.54) is 7.11 Å². The Morgan fingerprint density at radius 1 is 1.03 bits per heavy atom. The van der Waals surface area contributed by atoms with E-state index >= 15 is 0 Å². The van der Waals surface area contributed by atoms with Gasteiger partial charge in [-0.05, 0) is 43.7 Å². The number of carbonyl (C=O) groups excluding carboxylic acids is 3. The summed E-state index contributed by atoms with van der Waals surface area (Å²) >= 11 is 0. The SMILES string of the molecule is CCOC(=O)C1=C(CN2CCN(c3ccc(C(=O)OC)cc3)CC2C)NC(=O)NC1c1ccccc1. The average molecular weight is 493 g/mol. The maximum atomic E-state index is 13.0. The van der Waals surface area contributed by atoms with Crippen LogP contribution in [0, 0.1) is 0 Å². The normalized spacial score (nSPS) is 20.4. The third-order valence-electron chi connectivity index (χ3n) is 6.56. The van der Waals surface area contributed by atoms with Gasteiger partial charge in [-0.2, -0.15) is 0 Å². The molecule has 2 aromatic rings. The molecule has 1 fully saturated rings. The third kappa shape index (κ3) is 5.52. The predicted molar refractivity (Wildman–Crippen MR) is 136 cm³/mol. The molecule has 190 valence electrons. The lowest BCUT2D eigenvalue weighted by Gasteiger charge is -2.42. The first-order valence-electron chi connectivity index (χ1n) is 12.1. The number of nitrogens with zero attached hydrogens (tertiary/aromatic N) is 2. The quantitative estimate of drug-likeness (QED) is 0.574. The van der Waals surface area contributed by atoms with Crippen molar-refractivity contribution in [1.29, 1.82) is 0 Å². The summed E-state index contributed by atoms with van der Waals surface area (Å²) in [6.45, 7) is 6.81. The molecule has 0 bridgehead atoms. The van der Waals surface area contributed by atoms with Crippen LogP contribution in [0.3, 0.4) is 0 Å². The summed E-state index contributed by atoms with van der Waals surface area (Å²) in [5.74, 6) is -0.797. The fraction of sp³-hybridized carbons (Fsp3) is 0.370. The van der Waals surface area contributed by atoms with Gasteiger partial charge in [0, 0.05) is 43.6 Å². The second-order valence-corrected chi connectivity index (χ2v) is 8.86. The smallest absolute Gasteiger partial charge is 0.338 e. The van der Waals surface area contributed by atoms with E-state index in [1.807, 2.05) is 42.5 Å². The molecule has 2 N–H and O–H groups in total. The van der Waals surface area contributed by atoms with E-state index < -0.39 is 12.0 Å². The summed E-state index contributed by atoms with van der Waals surface area (Å²) in [7, 11) is 1.37. The molecule has 2 unspecified atom stereocenters. The standard InChI is InChI=1S/C27H32N4O5/c1-4-36-26(33)23-22(28-27(34)29-24(23)19-8-6-5-7-9-19)17-30-14-15-31(16-18(30)2)21-12-10-20(11-13-21)25(32)35-3/h5-13,18,24H,4,14-17H2,1-3H3,(H2,28,29,34). The second kappa shape index (κ2) is 11.3. The predicted octanol–water partition coefficient (Wildman–Crippen LogP) is 2.86. The van der Waals surface area contributed by atoms with Crippen LogP contribution >= 0.6 is 0 Å². The van der Waals surface area contributed by atoms with Crippen LogP contribution in [0.25, 0.3) is 0 Å². The Labute approximate surface area is 211 Å². The third-order valence-corrected chi connectivity index (χ3v) is 6.56. The van der Waals surface area contributed by atoms with Crippen LogP contribution in [0.4, 0.5) is 10.5 Å². The first kappa shape index (κ1) is 25.2. The highest BCUT2D eigenvalue weighted by atomic mass is 16.5. The number of ether oxygens (including phenoxy) is 2. The molecule has 2 aromatic carbocycles. The van der Waals surface area contributed by atoms with Crippen molar-refractivity contribution in [2.24, 2.45) is 0 Å². The lowest BCUT2D eigenvalue weighted by Crippen LogP contribution is -2.55.